The third-order valence-corrected chi connectivity index (χ3v) is 2.08. The molecule has 1 aromatic rings. The van der Waals surface area contributed by atoms with E-state index in [1.165, 1.54) is 19.3 Å². The van der Waals surface area contributed by atoms with Gasteiger partial charge in [0, 0.05) is 13.1 Å². The van der Waals surface area contributed by atoms with E-state index in [-0.39, 0.29) is 0 Å². The van der Waals surface area contributed by atoms with Gasteiger partial charge in [-0.05, 0) is 13.3 Å². The van der Waals surface area contributed by atoms with Gasteiger partial charge in [0.1, 0.15) is 11.6 Å². The highest BCUT2D eigenvalue weighted by atomic mass is 15.1. The Morgan fingerprint density at radius 2 is 1.80 bits per heavy atom. The fourth-order valence-corrected chi connectivity index (χ4v) is 1.31. The van der Waals surface area contributed by atoms with Gasteiger partial charge in [-0.2, -0.15) is 0 Å². The minimum absolute atomic E-state index is 0.831. The van der Waals surface area contributed by atoms with Crippen molar-refractivity contribution in [1.82, 2.24) is 9.97 Å². The molecule has 0 aliphatic heterocycles. The molecule has 0 atom stereocenters. The Morgan fingerprint density at radius 3 is 2.47 bits per heavy atom. The minimum Gasteiger partial charge on any atom is -0.369 e. The van der Waals surface area contributed by atoms with E-state index >= 15 is 0 Å². The van der Waals surface area contributed by atoms with Crippen LogP contribution in [-0.2, 0) is 0 Å². The number of hydrogen-bond acceptors (Lipinski definition) is 4. The van der Waals surface area contributed by atoms with Gasteiger partial charge in [0.15, 0.2) is 0 Å². The number of nitrogens with zero attached hydrogens (tertiary/aromatic N) is 2. The van der Waals surface area contributed by atoms with Crippen LogP contribution >= 0.6 is 0 Å². The first kappa shape index (κ1) is 11.8. The molecule has 1 heterocycles. The summed E-state index contributed by atoms with van der Waals surface area (Å²) in [6.45, 7) is 6.08. The Balaban J connectivity index is 2.36. The molecule has 0 amide bonds. The molecule has 0 aromatic carbocycles. The summed E-state index contributed by atoms with van der Waals surface area (Å²) in [4.78, 5) is 8.49. The normalized spacial score (nSPS) is 10.0. The van der Waals surface area contributed by atoms with Crippen LogP contribution in [0.5, 0.6) is 0 Å². The van der Waals surface area contributed by atoms with E-state index in [0.29, 0.717) is 0 Å². The zero-order valence-corrected chi connectivity index (χ0v) is 9.58. The summed E-state index contributed by atoms with van der Waals surface area (Å²) in [5.74, 6) is 1.68. The second-order valence-corrected chi connectivity index (χ2v) is 3.45. The van der Waals surface area contributed by atoms with Gasteiger partial charge in [-0.25, -0.2) is 4.98 Å². The highest BCUT2D eigenvalue weighted by molar-refractivity contribution is 5.41. The van der Waals surface area contributed by atoms with Crippen LogP contribution in [0, 0.1) is 0 Å². The summed E-state index contributed by atoms with van der Waals surface area (Å²) in [5.41, 5.74) is 0. The van der Waals surface area contributed by atoms with Gasteiger partial charge in [-0.1, -0.05) is 19.8 Å². The number of rotatable bonds is 7. The van der Waals surface area contributed by atoms with Crippen molar-refractivity contribution in [2.75, 3.05) is 23.7 Å². The lowest BCUT2D eigenvalue weighted by Crippen LogP contribution is -2.06. The van der Waals surface area contributed by atoms with Gasteiger partial charge < -0.3 is 10.6 Å². The maximum atomic E-state index is 4.38. The third-order valence-electron chi connectivity index (χ3n) is 2.08. The average molecular weight is 208 g/mol. The van der Waals surface area contributed by atoms with Gasteiger partial charge >= 0.3 is 0 Å². The smallest absolute Gasteiger partial charge is 0.146 e. The Bertz CT molecular complexity index is 275. The predicted octanol–water partition coefficient (Wildman–Crippen LogP) is 2.51. The monoisotopic (exact) mass is 208 g/mol. The second-order valence-electron chi connectivity index (χ2n) is 3.45. The molecule has 0 aliphatic rings. The largest absolute Gasteiger partial charge is 0.369 e. The lowest BCUT2D eigenvalue weighted by molar-refractivity contribution is 0.742. The van der Waals surface area contributed by atoms with Gasteiger partial charge in [0.25, 0.3) is 0 Å². The van der Waals surface area contributed by atoms with Crippen molar-refractivity contribution in [3.8, 4) is 0 Å². The van der Waals surface area contributed by atoms with E-state index in [1.807, 2.05) is 6.92 Å². The maximum Gasteiger partial charge on any atom is 0.146 e. The van der Waals surface area contributed by atoms with Crippen molar-refractivity contribution in [2.45, 2.75) is 33.1 Å². The lowest BCUT2D eigenvalue weighted by Gasteiger charge is -2.06. The molecule has 15 heavy (non-hydrogen) atoms. The quantitative estimate of drug-likeness (QED) is 0.676. The Labute approximate surface area is 91.5 Å². The summed E-state index contributed by atoms with van der Waals surface area (Å²) in [5, 5.41) is 6.40. The van der Waals surface area contributed by atoms with Crippen molar-refractivity contribution in [2.24, 2.45) is 0 Å². The summed E-state index contributed by atoms with van der Waals surface area (Å²) in [6, 6.07) is 0. The van der Waals surface area contributed by atoms with Gasteiger partial charge in [-0.3, -0.25) is 4.98 Å². The van der Waals surface area contributed by atoms with Gasteiger partial charge in [0.05, 0.1) is 12.4 Å². The molecule has 0 saturated heterocycles. The van der Waals surface area contributed by atoms with Gasteiger partial charge in [-0.15, -0.1) is 0 Å². The topological polar surface area (TPSA) is 49.8 Å². The number of nitrogens with one attached hydrogen (secondary N) is 2. The standard InChI is InChI=1S/C11H20N4/c1-3-5-6-7-14-11-9-12-8-10(15-11)13-4-2/h8-9H,3-7H2,1-2H3,(H2,13,14,15). The highest BCUT2D eigenvalue weighted by Crippen LogP contribution is 2.06. The fraction of sp³-hybridized carbons (Fsp3) is 0.636. The average Bonchev–Trinajstić information content (AvgIpc) is 2.26. The molecule has 84 valence electrons. The molecule has 4 nitrogen and oxygen atoms in total. The van der Waals surface area contributed by atoms with Crippen LogP contribution in [0.4, 0.5) is 11.6 Å². The van der Waals surface area contributed by atoms with Crippen LogP contribution in [0.3, 0.4) is 0 Å². The number of anilines is 2. The van der Waals surface area contributed by atoms with Crippen LogP contribution in [0.1, 0.15) is 33.1 Å². The first-order chi connectivity index (χ1) is 7.36. The predicted molar refractivity (Wildman–Crippen MR) is 64.2 cm³/mol. The van der Waals surface area contributed by atoms with E-state index in [2.05, 4.69) is 27.5 Å². The zero-order valence-electron chi connectivity index (χ0n) is 9.58. The zero-order chi connectivity index (χ0) is 10.9. The first-order valence-electron chi connectivity index (χ1n) is 5.66. The van der Waals surface area contributed by atoms with Crippen molar-refractivity contribution in [3.63, 3.8) is 0 Å². The van der Waals surface area contributed by atoms with Crippen LogP contribution in [0.2, 0.25) is 0 Å². The molecule has 0 spiro atoms. The lowest BCUT2D eigenvalue weighted by atomic mass is 10.2. The fourth-order valence-electron chi connectivity index (χ4n) is 1.31. The van der Waals surface area contributed by atoms with E-state index in [1.54, 1.807) is 12.4 Å². The van der Waals surface area contributed by atoms with Crippen LogP contribution in [0.15, 0.2) is 12.4 Å². The molecule has 0 fully saturated rings. The Kier molecular flexibility index (Phi) is 5.51. The van der Waals surface area contributed by atoms with Crippen LogP contribution in [0.25, 0.3) is 0 Å². The molecule has 1 aromatic heterocycles. The number of hydrogen-bond donors (Lipinski definition) is 2. The Hall–Kier alpha value is -1.32. The first-order valence-corrected chi connectivity index (χ1v) is 5.66. The highest BCUT2D eigenvalue weighted by Gasteiger charge is 1.96. The van der Waals surface area contributed by atoms with Crippen molar-refractivity contribution < 1.29 is 0 Å². The van der Waals surface area contributed by atoms with Crippen LogP contribution in [-0.4, -0.2) is 23.1 Å². The summed E-state index contributed by atoms with van der Waals surface area (Å²) >= 11 is 0. The Morgan fingerprint density at radius 1 is 1.07 bits per heavy atom. The van der Waals surface area contributed by atoms with E-state index in [9.17, 15) is 0 Å². The van der Waals surface area contributed by atoms with E-state index in [4.69, 9.17) is 0 Å². The molecule has 4 heteroatoms. The molecule has 0 bridgehead atoms. The second kappa shape index (κ2) is 7.04. The van der Waals surface area contributed by atoms with Gasteiger partial charge in [0.2, 0.25) is 0 Å². The molecule has 2 N–H and O–H groups in total. The minimum atomic E-state index is 0.831. The molecular formula is C11H20N4. The van der Waals surface area contributed by atoms with Crippen molar-refractivity contribution in [1.29, 1.82) is 0 Å². The third kappa shape index (κ3) is 4.63. The molecule has 1 rings (SSSR count). The van der Waals surface area contributed by atoms with Crippen molar-refractivity contribution in [3.05, 3.63) is 12.4 Å². The molecule has 0 aliphatic carbocycles. The summed E-state index contributed by atoms with van der Waals surface area (Å²) in [6.07, 6.45) is 7.18. The summed E-state index contributed by atoms with van der Waals surface area (Å²) in [7, 11) is 0. The van der Waals surface area contributed by atoms with Crippen molar-refractivity contribution >= 4 is 11.6 Å². The number of unbranched alkanes of at least 4 members (excludes halogenated alkanes) is 2. The maximum absolute atomic E-state index is 4.38. The SMILES string of the molecule is CCCCCNc1cncc(NCC)n1. The molecule has 0 unspecified atom stereocenters. The number of aromatic nitrogens is 2. The van der Waals surface area contributed by atoms with E-state index in [0.717, 1.165) is 24.7 Å². The molecule has 0 saturated carbocycles. The summed E-state index contributed by atoms with van der Waals surface area (Å²) < 4.78 is 0. The molecular weight excluding hydrogens is 188 g/mol. The molecule has 0 radical (unpaired) electrons. The van der Waals surface area contributed by atoms with Crippen LogP contribution < -0.4 is 10.6 Å². The van der Waals surface area contributed by atoms with E-state index < -0.39 is 0 Å².